The summed E-state index contributed by atoms with van der Waals surface area (Å²) >= 11 is 0. The fourth-order valence-corrected chi connectivity index (χ4v) is 8.16. The van der Waals surface area contributed by atoms with Crippen LogP contribution in [0.15, 0.2) is 48.7 Å². The van der Waals surface area contributed by atoms with Crippen molar-refractivity contribution in [2.45, 2.75) is 89.8 Å². The molecule has 4 N–H and O–H groups in total. The molecule has 1 unspecified atom stereocenters. The van der Waals surface area contributed by atoms with Crippen molar-refractivity contribution < 1.29 is 23.1 Å². The average molecular weight is 653 g/mol. The predicted octanol–water partition coefficient (Wildman–Crippen LogP) is 4.15. The third kappa shape index (κ3) is 6.74. The van der Waals surface area contributed by atoms with Gasteiger partial charge in [-0.3, -0.25) is 9.10 Å². The Balaban J connectivity index is 1.44. The minimum atomic E-state index is -3.62. The molecule has 1 saturated carbocycles. The van der Waals surface area contributed by atoms with Gasteiger partial charge in [-0.15, -0.1) is 0 Å². The molecule has 5 rings (SSSR count). The number of aliphatic hydroxyl groups is 1. The van der Waals surface area contributed by atoms with Gasteiger partial charge in [0.25, 0.3) is 5.91 Å². The summed E-state index contributed by atoms with van der Waals surface area (Å²) in [7, 11) is -2.03. The number of sulfonamides is 1. The van der Waals surface area contributed by atoms with Crippen molar-refractivity contribution in [3.05, 3.63) is 65.4 Å². The summed E-state index contributed by atoms with van der Waals surface area (Å²) < 4.78 is 30.0. The van der Waals surface area contributed by atoms with Crippen LogP contribution in [-0.2, 0) is 29.4 Å². The molecule has 0 radical (unpaired) electrons. The Morgan fingerprint density at radius 3 is 2.43 bits per heavy atom. The van der Waals surface area contributed by atoms with Gasteiger partial charge in [-0.05, 0) is 61.3 Å². The number of urea groups is 1. The Bertz CT molecular complexity index is 1670. The molecule has 2 aliphatic rings. The van der Waals surface area contributed by atoms with Gasteiger partial charge in [0.1, 0.15) is 11.0 Å². The Morgan fingerprint density at radius 2 is 1.80 bits per heavy atom. The molecular formula is C34H48N6O5S. The van der Waals surface area contributed by atoms with Crippen LogP contribution >= 0.6 is 0 Å². The highest BCUT2D eigenvalue weighted by Gasteiger charge is 2.58. The van der Waals surface area contributed by atoms with Gasteiger partial charge < -0.3 is 20.3 Å². The second-order valence-electron chi connectivity index (χ2n) is 13.1. The van der Waals surface area contributed by atoms with Gasteiger partial charge in [0.15, 0.2) is 0 Å². The van der Waals surface area contributed by atoms with Crippen LogP contribution in [0.4, 0.5) is 10.5 Å². The van der Waals surface area contributed by atoms with E-state index in [1.54, 1.807) is 13.1 Å². The molecule has 1 aromatic heterocycles. The highest BCUT2D eigenvalue weighted by molar-refractivity contribution is 7.94. The molecule has 1 fully saturated rings. The molecule has 1 aliphatic heterocycles. The Kier molecular flexibility index (Phi) is 10.00. The van der Waals surface area contributed by atoms with Crippen LogP contribution in [0, 0.1) is 5.92 Å². The largest absolute Gasteiger partial charge is 0.372 e. The van der Waals surface area contributed by atoms with E-state index < -0.39 is 33.1 Å². The average Bonchev–Trinajstić information content (AvgIpc) is 3.75. The van der Waals surface area contributed by atoms with E-state index in [0.29, 0.717) is 56.4 Å². The molecule has 1 spiro atoms. The van der Waals surface area contributed by atoms with Crippen LogP contribution in [0.3, 0.4) is 0 Å². The molecule has 2 aromatic carbocycles. The first-order valence-electron chi connectivity index (χ1n) is 16.4. The number of nitrogens with zero attached hydrogens (tertiary/aromatic N) is 3. The van der Waals surface area contributed by atoms with Gasteiger partial charge in [0.05, 0.1) is 11.2 Å². The first kappa shape index (κ1) is 33.7. The van der Waals surface area contributed by atoms with Gasteiger partial charge in [0, 0.05) is 49.9 Å². The number of carbonyl (C=O) groups is 2. The summed E-state index contributed by atoms with van der Waals surface area (Å²) in [6.45, 7) is 9.01. The number of hydrazine groups is 1. The van der Waals surface area contributed by atoms with Crippen LogP contribution in [0.5, 0.6) is 0 Å². The van der Waals surface area contributed by atoms with Crippen LogP contribution in [0.25, 0.3) is 10.9 Å². The summed E-state index contributed by atoms with van der Waals surface area (Å²) in [5.74, 6) is -0.114. The molecule has 250 valence electrons. The first-order chi connectivity index (χ1) is 21.9. The molecule has 3 aromatic rings. The van der Waals surface area contributed by atoms with E-state index >= 15 is 0 Å². The van der Waals surface area contributed by atoms with Crippen LogP contribution < -0.4 is 20.4 Å². The smallest absolute Gasteiger partial charge is 0.334 e. The van der Waals surface area contributed by atoms with Crippen molar-refractivity contribution in [3.63, 3.8) is 0 Å². The minimum Gasteiger partial charge on any atom is -0.372 e. The number of nitrogens with one attached hydrogen (secondary N) is 3. The summed E-state index contributed by atoms with van der Waals surface area (Å²) in [6, 6.07) is 12.4. The molecule has 2 heterocycles. The van der Waals surface area contributed by atoms with Crippen molar-refractivity contribution in [1.29, 1.82) is 0 Å². The number of hydrogen-bond donors (Lipinski definition) is 4. The van der Waals surface area contributed by atoms with E-state index in [1.165, 1.54) is 9.31 Å². The van der Waals surface area contributed by atoms with E-state index in [2.05, 4.69) is 27.6 Å². The van der Waals surface area contributed by atoms with Crippen molar-refractivity contribution in [2.75, 3.05) is 24.4 Å². The predicted molar refractivity (Wildman–Crippen MR) is 181 cm³/mol. The molecule has 0 saturated heterocycles. The monoisotopic (exact) mass is 652 g/mol. The quantitative estimate of drug-likeness (QED) is 0.162. The maximum atomic E-state index is 14.0. The lowest BCUT2D eigenvalue weighted by Crippen LogP contribution is -2.57. The zero-order chi connectivity index (χ0) is 33.2. The first-order valence-corrected chi connectivity index (χ1v) is 17.8. The zero-order valence-electron chi connectivity index (χ0n) is 27.5. The number of amides is 3. The van der Waals surface area contributed by atoms with Gasteiger partial charge in [-0.2, -0.15) is 0 Å². The highest BCUT2D eigenvalue weighted by atomic mass is 32.2. The van der Waals surface area contributed by atoms with Crippen molar-refractivity contribution in [1.82, 2.24) is 25.6 Å². The molecule has 11 nitrogen and oxygen atoms in total. The molecule has 46 heavy (non-hydrogen) atoms. The fourth-order valence-electron chi connectivity index (χ4n) is 6.26. The van der Waals surface area contributed by atoms with E-state index in [0.717, 1.165) is 28.5 Å². The number of aliphatic hydroxyl groups excluding tert-OH is 1. The molecule has 12 heteroatoms. The summed E-state index contributed by atoms with van der Waals surface area (Å²) in [4.78, 5) is 27.1. The number of aromatic nitrogens is 1. The number of aryl methyl sites for hydroxylation is 1. The van der Waals surface area contributed by atoms with Gasteiger partial charge in [-0.1, -0.05) is 64.4 Å². The zero-order valence-corrected chi connectivity index (χ0v) is 28.4. The SMILES string of the molecule is CCCC(O)N(NC[C@H](Cc1ccccc1)NC(=O)c1cc2c3c(c1)c(CC)cn3CC1(CC1)S(=O)(=O)N2C)C(=O)NCC(C)C. The molecular weight excluding hydrogens is 604 g/mol. The fraction of sp³-hybridized carbons (Fsp3) is 0.529. The van der Waals surface area contributed by atoms with Crippen molar-refractivity contribution in [2.24, 2.45) is 5.92 Å². The minimum absolute atomic E-state index is 0.166. The summed E-state index contributed by atoms with van der Waals surface area (Å²) in [5, 5.41) is 18.9. The van der Waals surface area contributed by atoms with Gasteiger partial charge in [-0.25, -0.2) is 23.6 Å². The Morgan fingerprint density at radius 1 is 1.09 bits per heavy atom. The highest BCUT2D eigenvalue weighted by Crippen LogP contribution is 2.51. The maximum absolute atomic E-state index is 14.0. The topological polar surface area (TPSA) is 136 Å². The second-order valence-corrected chi connectivity index (χ2v) is 15.5. The van der Waals surface area contributed by atoms with E-state index in [4.69, 9.17) is 0 Å². The number of rotatable bonds is 13. The van der Waals surface area contributed by atoms with Crippen molar-refractivity contribution in [3.8, 4) is 0 Å². The third-order valence-corrected chi connectivity index (χ3v) is 11.6. The lowest BCUT2D eigenvalue weighted by atomic mass is 10.0. The number of carbonyl (C=O) groups excluding carboxylic acids is 2. The van der Waals surface area contributed by atoms with E-state index in [1.807, 2.05) is 63.4 Å². The molecule has 3 amide bonds. The van der Waals surface area contributed by atoms with Crippen LogP contribution in [0.1, 0.15) is 74.9 Å². The number of benzene rings is 2. The Hall–Kier alpha value is -3.61. The lowest BCUT2D eigenvalue weighted by molar-refractivity contribution is -0.00769. The molecule has 0 bridgehead atoms. The summed E-state index contributed by atoms with van der Waals surface area (Å²) in [6.07, 6.45) is 4.50. The normalized spacial score (nSPS) is 17.5. The van der Waals surface area contributed by atoms with Crippen LogP contribution in [0.2, 0.25) is 0 Å². The van der Waals surface area contributed by atoms with Crippen molar-refractivity contribution >= 4 is 38.6 Å². The number of anilines is 1. The second kappa shape index (κ2) is 13.6. The van der Waals surface area contributed by atoms with E-state index in [9.17, 15) is 23.1 Å². The number of hydrogen-bond acceptors (Lipinski definition) is 6. The third-order valence-electron chi connectivity index (χ3n) is 9.08. The Labute approximate surface area is 272 Å². The molecule has 1 aliphatic carbocycles. The lowest BCUT2D eigenvalue weighted by Gasteiger charge is -2.31. The van der Waals surface area contributed by atoms with Crippen LogP contribution in [-0.4, -0.2) is 72.2 Å². The standard InChI is InChI=1S/C34H48N6O5S/c1-6-11-30(41)40(33(43)35-19-23(3)4)36-20-27(16-24-12-9-8-10-13-24)37-32(42)26-17-28-25(7-2)21-39-22-34(14-15-34)46(44,45)38(5)29(18-26)31(28)39/h8-10,12-13,17-18,21,23,27,30,36,41H,6-7,11,14-16,19-20,22H2,1-5H3,(H,35,43)(H,37,42)/t27-,30?/m0/s1. The van der Waals surface area contributed by atoms with Gasteiger partial charge >= 0.3 is 6.03 Å². The summed E-state index contributed by atoms with van der Waals surface area (Å²) in [5.41, 5.74) is 6.84. The van der Waals surface area contributed by atoms with E-state index in [-0.39, 0.29) is 18.4 Å². The molecule has 2 atom stereocenters. The maximum Gasteiger partial charge on any atom is 0.334 e. The van der Waals surface area contributed by atoms with Gasteiger partial charge in [0.2, 0.25) is 10.0 Å².